The van der Waals surface area contributed by atoms with Gasteiger partial charge in [0.25, 0.3) is 0 Å². The Morgan fingerprint density at radius 1 is 1.21 bits per heavy atom. The molecule has 1 aromatic carbocycles. The van der Waals surface area contributed by atoms with Crippen LogP contribution in [0, 0.1) is 5.82 Å². The fourth-order valence-corrected chi connectivity index (χ4v) is 5.88. The zero-order valence-corrected chi connectivity index (χ0v) is 15.8. The minimum Gasteiger partial charge on any atom is -0.215 e. The van der Waals surface area contributed by atoms with Crippen molar-refractivity contribution in [3.8, 4) is 0 Å². The van der Waals surface area contributed by atoms with Crippen LogP contribution in [-0.2, 0) is 18.6 Å². The van der Waals surface area contributed by atoms with E-state index in [1.54, 1.807) is 35.7 Å². The first kappa shape index (κ1) is 16.4. The van der Waals surface area contributed by atoms with E-state index in [1.165, 1.54) is 41.2 Å². The van der Waals surface area contributed by atoms with Gasteiger partial charge in [-0.15, -0.1) is 23.1 Å². The van der Waals surface area contributed by atoms with Crippen LogP contribution in [0.25, 0.3) is 10.2 Å². The molecule has 3 aromatic rings. The molecule has 0 atom stereocenters. The average Bonchev–Trinajstić information content (AvgIpc) is 2.98. The molecule has 6 heteroatoms. The van der Waals surface area contributed by atoms with Crippen LogP contribution in [0.5, 0.6) is 0 Å². The van der Waals surface area contributed by atoms with Gasteiger partial charge in [-0.3, -0.25) is 0 Å². The van der Waals surface area contributed by atoms with Crippen LogP contribution >= 0.6 is 34.9 Å². The number of thioether (sulfide) groups is 2. The van der Waals surface area contributed by atoms with E-state index in [-0.39, 0.29) is 5.82 Å². The van der Waals surface area contributed by atoms with Crippen molar-refractivity contribution in [2.45, 2.75) is 41.6 Å². The Kier molecular flexibility index (Phi) is 4.79. The van der Waals surface area contributed by atoms with Crippen LogP contribution < -0.4 is 0 Å². The van der Waals surface area contributed by atoms with Crippen molar-refractivity contribution in [3.63, 3.8) is 0 Å². The summed E-state index contributed by atoms with van der Waals surface area (Å²) in [6.45, 7) is 0. The molecule has 124 valence electrons. The highest BCUT2D eigenvalue weighted by atomic mass is 32.2. The molecular formula is C18H17FN2S3. The van der Waals surface area contributed by atoms with Gasteiger partial charge in [-0.1, -0.05) is 23.9 Å². The van der Waals surface area contributed by atoms with Crippen LogP contribution in [0.4, 0.5) is 4.39 Å². The maximum absolute atomic E-state index is 13.4. The molecular weight excluding hydrogens is 359 g/mol. The molecule has 0 N–H and O–H groups in total. The molecule has 0 fully saturated rings. The Morgan fingerprint density at radius 3 is 2.92 bits per heavy atom. The fraction of sp³-hybridized carbons (Fsp3) is 0.333. The summed E-state index contributed by atoms with van der Waals surface area (Å²) in [6.07, 6.45) is 6.82. The summed E-state index contributed by atoms with van der Waals surface area (Å²) in [5.41, 5.74) is 2.44. The van der Waals surface area contributed by atoms with Crippen LogP contribution in [0.15, 0.2) is 34.4 Å². The number of halogens is 1. The van der Waals surface area contributed by atoms with Gasteiger partial charge in [0, 0.05) is 16.0 Å². The third-order valence-electron chi connectivity index (χ3n) is 4.21. The van der Waals surface area contributed by atoms with Crippen LogP contribution in [0.2, 0.25) is 0 Å². The third-order valence-corrected chi connectivity index (χ3v) is 6.99. The third kappa shape index (κ3) is 3.19. The topological polar surface area (TPSA) is 25.8 Å². The summed E-state index contributed by atoms with van der Waals surface area (Å²) in [5, 5.41) is 3.12. The highest BCUT2D eigenvalue weighted by Crippen LogP contribution is 2.41. The van der Waals surface area contributed by atoms with E-state index in [0.29, 0.717) is 0 Å². The van der Waals surface area contributed by atoms with Crippen molar-refractivity contribution in [2.24, 2.45) is 0 Å². The van der Waals surface area contributed by atoms with E-state index >= 15 is 0 Å². The lowest BCUT2D eigenvalue weighted by Crippen LogP contribution is -1.99. The Balaban J connectivity index is 1.73. The van der Waals surface area contributed by atoms with E-state index < -0.39 is 0 Å². The van der Waals surface area contributed by atoms with Gasteiger partial charge in [0.1, 0.15) is 15.7 Å². The summed E-state index contributed by atoms with van der Waals surface area (Å²) >= 11 is 5.10. The molecule has 0 bridgehead atoms. The molecule has 0 saturated carbocycles. The standard InChI is InChI=1S/C18H17FN2S3/c1-22-18-20-16(23-10-11-5-4-6-12(19)9-11)15-13-7-2-3-8-14(13)24-17(15)21-18/h4-6,9H,2-3,7-8,10H2,1H3. The van der Waals surface area contributed by atoms with Crippen LogP contribution in [-0.4, -0.2) is 16.2 Å². The molecule has 24 heavy (non-hydrogen) atoms. The number of aromatic nitrogens is 2. The van der Waals surface area contributed by atoms with Gasteiger partial charge in [-0.2, -0.15) is 0 Å². The molecule has 0 amide bonds. The molecule has 0 radical (unpaired) electrons. The quantitative estimate of drug-likeness (QED) is 0.330. The number of benzene rings is 1. The van der Waals surface area contributed by atoms with E-state index in [9.17, 15) is 4.39 Å². The summed E-state index contributed by atoms with van der Waals surface area (Å²) in [6, 6.07) is 6.82. The minimum absolute atomic E-state index is 0.182. The van der Waals surface area contributed by atoms with Crippen molar-refractivity contribution in [3.05, 3.63) is 46.1 Å². The molecule has 4 rings (SSSR count). The number of fused-ring (bicyclic) bond motifs is 3. The molecule has 1 aliphatic rings. The van der Waals surface area contributed by atoms with E-state index in [2.05, 4.69) is 0 Å². The summed E-state index contributed by atoms with van der Waals surface area (Å²) in [4.78, 5) is 12.1. The minimum atomic E-state index is -0.182. The van der Waals surface area contributed by atoms with Gasteiger partial charge in [0.15, 0.2) is 5.16 Å². The highest BCUT2D eigenvalue weighted by Gasteiger charge is 2.21. The molecule has 1 aliphatic carbocycles. The van der Waals surface area contributed by atoms with Crippen molar-refractivity contribution >= 4 is 45.1 Å². The summed E-state index contributed by atoms with van der Waals surface area (Å²) in [7, 11) is 0. The van der Waals surface area contributed by atoms with Gasteiger partial charge in [0.05, 0.1) is 0 Å². The number of rotatable bonds is 4. The van der Waals surface area contributed by atoms with Crippen molar-refractivity contribution < 1.29 is 4.39 Å². The second kappa shape index (κ2) is 7.02. The number of nitrogens with zero attached hydrogens (tertiary/aromatic N) is 2. The van der Waals surface area contributed by atoms with Gasteiger partial charge >= 0.3 is 0 Å². The molecule has 0 spiro atoms. The Hall–Kier alpha value is -1.11. The average molecular weight is 377 g/mol. The van der Waals surface area contributed by atoms with Crippen LogP contribution in [0.1, 0.15) is 28.8 Å². The van der Waals surface area contributed by atoms with E-state index in [4.69, 9.17) is 9.97 Å². The van der Waals surface area contributed by atoms with Gasteiger partial charge < -0.3 is 0 Å². The van der Waals surface area contributed by atoms with Gasteiger partial charge in [0.2, 0.25) is 0 Å². The fourth-order valence-electron chi connectivity index (χ4n) is 3.08. The molecule has 2 aromatic heterocycles. The maximum atomic E-state index is 13.4. The molecule has 0 aliphatic heterocycles. The van der Waals surface area contributed by atoms with Gasteiger partial charge in [-0.25, -0.2) is 14.4 Å². The predicted octanol–water partition coefficient (Wildman–Crippen LogP) is 5.72. The Morgan fingerprint density at radius 2 is 2.08 bits per heavy atom. The number of hydrogen-bond acceptors (Lipinski definition) is 5. The molecule has 0 saturated heterocycles. The first-order valence-electron chi connectivity index (χ1n) is 7.98. The Labute approximate surface area is 153 Å². The zero-order chi connectivity index (χ0) is 16.5. The van der Waals surface area contributed by atoms with E-state index in [1.807, 2.05) is 23.7 Å². The first-order chi connectivity index (χ1) is 11.7. The second-order valence-corrected chi connectivity index (χ2v) is 8.65. The van der Waals surface area contributed by atoms with E-state index in [0.717, 1.165) is 32.7 Å². The van der Waals surface area contributed by atoms with Crippen molar-refractivity contribution in [1.82, 2.24) is 9.97 Å². The predicted molar refractivity (Wildman–Crippen MR) is 102 cm³/mol. The number of thiophene rings is 1. The lowest BCUT2D eigenvalue weighted by molar-refractivity contribution is 0.626. The highest BCUT2D eigenvalue weighted by molar-refractivity contribution is 7.99. The molecule has 2 heterocycles. The largest absolute Gasteiger partial charge is 0.215 e. The Bertz CT molecular complexity index is 891. The maximum Gasteiger partial charge on any atom is 0.189 e. The smallest absolute Gasteiger partial charge is 0.189 e. The number of hydrogen-bond donors (Lipinski definition) is 0. The SMILES string of the molecule is CSc1nc(SCc2cccc(F)c2)c2c3c(sc2n1)CCCC3. The zero-order valence-electron chi connectivity index (χ0n) is 13.3. The summed E-state index contributed by atoms with van der Waals surface area (Å²) < 4.78 is 13.4. The lowest BCUT2D eigenvalue weighted by atomic mass is 9.97. The van der Waals surface area contributed by atoms with Crippen molar-refractivity contribution in [1.29, 1.82) is 0 Å². The van der Waals surface area contributed by atoms with Crippen molar-refractivity contribution in [2.75, 3.05) is 6.26 Å². The van der Waals surface area contributed by atoms with Gasteiger partial charge in [-0.05, 0) is 55.2 Å². The first-order valence-corrected chi connectivity index (χ1v) is 11.0. The molecule has 0 unspecified atom stereocenters. The summed E-state index contributed by atoms with van der Waals surface area (Å²) in [5.74, 6) is 0.543. The second-order valence-electron chi connectivity index (χ2n) is 5.83. The monoisotopic (exact) mass is 376 g/mol. The van der Waals surface area contributed by atoms with Crippen LogP contribution in [0.3, 0.4) is 0 Å². The number of aryl methyl sites for hydroxylation is 2. The lowest BCUT2D eigenvalue weighted by Gasteiger charge is -2.12. The normalized spacial score (nSPS) is 14.1. The molecule has 2 nitrogen and oxygen atoms in total.